The highest BCUT2D eigenvalue weighted by molar-refractivity contribution is 5.88. The van der Waals surface area contributed by atoms with Gasteiger partial charge in [-0.05, 0) is 49.4 Å². The summed E-state index contributed by atoms with van der Waals surface area (Å²) in [5, 5.41) is 2.95. The zero-order chi connectivity index (χ0) is 22.3. The quantitative estimate of drug-likeness (QED) is 0.656. The molecule has 0 bridgehead atoms. The van der Waals surface area contributed by atoms with Crippen LogP contribution in [0.1, 0.15) is 49.4 Å². The van der Waals surface area contributed by atoms with Gasteiger partial charge in [-0.2, -0.15) is 0 Å². The predicted molar refractivity (Wildman–Crippen MR) is 118 cm³/mol. The van der Waals surface area contributed by atoms with Crippen molar-refractivity contribution >= 4 is 11.8 Å². The van der Waals surface area contributed by atoms with E-state index in [1.54, 1.807) is 17.0 Å². The molecular formula is C25H33FN2O2. The second-order valence-electron chi connectivity index (χ2n) is 8.38. The van der Waals surface area contributed by atoms with E-state index in [1.165, 1.54) is 12.1 Å². The van der Waals surface area contributed by atoms with Crippen molar-refractivity contribution in [2.75, 3.05) is 6.54 Å². The molecule has 2 aromatic rings. The molecule has 0 heterocycles. The molecule has 2 amide bonds. The van der Waals surface area contributed by atoms with E-state index in [0.717, 1.165) is 22.3 Å². The van der Waals surface area contributed by atoms with Crippen molar-refractivity contribution in [2.24, 2.45) is 5.92 Å². The van der Waals surface area contributed by atoms with E-state index < -0.39 is 6.04 Å². The first-order valence-electron chi connectivity index (χ1n) is 10.6. The lowest BCUT2D eigenvalue weighted by atomic mass is 10.0. The van der Waals surface area contributed by atoms with Crippen LogP contribution in [0.25, 0.3) is 0 Å². The summed E-state index contributed by atoms with van der Waals surface area (Å²) in [6.07, 6.45) is 0.724. The Morgan fingerprint density at radius 3 is 2.13 bits per heavy atom. The molecule has 0 aliphatic rings. The van der Waals surface area contributed by atoms with Gasteiger partial charge in [-0.1, -0.05) is 62.2 Å². The number of aryl methyl sites for hydroxylation is 2. The van der Waals surface area contributed by atoms with Gasteiger partial charge in [0, 0.05) is 13.1 Å². The summed E-state index contributed by atoms with van der Waals surface area (Å²) in [7, 11) is 0. The Morgan fingerprint density at radius 1 is 1.00 bits per heavy atom. The fourth-order valence-electron chi connectivity index (χ4n) is 3.58. The summed E-state index contributed by atoms with van der Waals surface area (Å²) < 4.78 is 13.3. The third-order valence-electron chi connectivity index (χ3n) is 4.97. The zero-order valence-corrected chi connectivity index (χ0v) is 18.7. The summed E-state index contributed by atoms with van der Waals surface area (Å²) >= 11 is 0. The van der Waals surface area contributed by atoms with Crippen molar-refractivity contribution in [2.45, 2.75) is 60.0 Å². The highest BCUT2D eigenvalue weighted by Crippen LogP contribution is 2.17. The SMILES string of the molecule is CC[C@H](C(=O)NCC(C)C)N(Cc1ccc(F)cc1)C(=O)Cc1cc(C)cc(C)c1. The number of carbonyl (C=O) groups is 2. The van der Waals surface area contributed by atoms with Crippen LogP contribution in [-0.2, 0) is 22.6 Å². The minimum absolute atomic E-state index is 0.115. The maximum atomic E-state index is 13.3. The molecule has 0 radical (unpaired) electrons. The van der Waals surface area contributed by atoms with Crippen molar-refractivity contribution in [1.82, 2.24) is 10.2 Å². The molecule has 0 unspecified atom stereocenters. The normalized spacial score (nSPS) is 12.0. The monoisotopic (exact) mass is 412 g/mol. The third kappa shape index (κ3) is 6.97. The van der Waals surface area contributed by atoms with Crippen LogP contribution in [0, 0.1) is 25.6 Å². The molecule has 0 spiro atoms. The van der Waals surface area contributed by atoms with Gasteiger partial charge in [-0.15, -0.1) is 0 Å². The average molecular weight is 413 g/mol. The second-order valence-corrected chi connectivity index (χ2v) is 8.38. The Kier molecular flexibility index (Phi) is 8.58. The van der Waals surface area contributed by atoms with Crippen LogP contribution >= 0.6 is 0 Å². The first-order chi connectivity index (χ1) is 14.2. The first-order valence-corrected chi connectivity index (χ1v) is 10.6. The van der Waals surface area contributed by atoms with Crippen LogP contribution in [-0.4, -0.2) is 29.3 Å². The van der Waals surface area contributed by atoms with Crippen molar-refractivity contribution < 1.29 is 14.0 Å². The number of benzene rings is 2. The summed E-state index contributed by atoms with van der Waals surface area (Å²) in [5.74, 6) is -0.269. The average Bonchev–Trinajstić information content (AvgIpc) is 2.66. The van der Waals surface area contributed by atoms with Crippen LogP contribution in [0.2, 0.25) is 0 Å². The summed E-state index contributed by atoms with van der Waals surface area (Å²) in [6.45, 7) is 10.8. The van der Waals surface area contributed by atoms with Crippen molar-refractivity contribution in [3.63, 3.8) is 0 Å². The Morgan fingerprint density at radius 2 is 1.60 bits per heavy atom. The van der Waals surface area contributed by atoms with Gasteiger partial charge in [-0.25, -0.2) is 4.39 Å². The third-order valence-corrected chi connectivity index (χ3v) is 4.97. The molecule has 1 atom stereocenters. The Labute approximate surface area is 179 Å². The van der Waals surface area contributed by atoms with Gasteiger partial charge in [0.05, 0.1) is 6.42 Å². The molecule has 0 saturated heterocycles. The van der Waals surface area contributed by atoms with E-state index in [2.05, 4.69) is 11.4 Å². The van der Waals surface area contributed by atoms with Gasteiger partial charge < -0.3 is 10.2 Å². The highest BCUT2D eigenvalue weighted by Gasteiger charge is 2.28. The molecule has 4 nitrogen and oxygen atoms in total. The number of nitrogens with one attached hydrogen (secondary N) is 1. The zero-order valence-electron chi connectivity index (χ0n) is 18.7. The fourth-order valence-corrected chi connectivity index (χ4v) is 3.58. The molecule has 0 aromatic heterocycles. The van der Waals surface area contributed by atoms with E-state index in [-0.39, 0.29) is 30.6 Å². The Hall–Kier alpha value is -2.69. The number of nitrogens with zero attached hydrogens (tertiary/aromatic N) is 1. The minimum atomic E-state index is -0.577. The molecule has 162 valence electrons. The van der Waals surface area contributed by atoms with Gasteiger partial charge in [-0.3, -0.25) is 9.59 Å². The van der Waals surface area contributed by atoms with Gasteiger partial charge in [0.1, 0.15) is 11.9 Å². The molecule has 5 heteroatoms. The van der Waals surface area contributed by atoms with Crippen LogP contribution < -0.4 is 5.32 Å². The molecule has 0 fully saturated rings. The maximum absolute atomic E-state index is 13.3. The molecular weight excluding hydrogens is 379 g/mol. The van der Waals surface area contributed by atoms with Gasteiger partial charge in [0.15, 0.2) is 0 Å². The minimum Gasteiger partial charge on any atom is -0.354 e. The lowest BCUT2D eigenvalue weighted by Crippen LogP contribution is -2.50. The van der Waals surface area contributed by atoms with Crippen molar-refractivity contribution in [3.8, 4) is 0 Å². The van der Waals surface area contributed by atoms with Crippen molar-refractivity contribution in [1.29, 1.82) is 0 Å². The second kappa shape index (κ2) is 10.9. The van der Waals surface area contributed by atoms with E-state index in [0.29, 0.717) is 18.9 Å². The van der Waals surface area contributed by atoms with E-state index >= 15 is 0 Å². The number of amides is 2. The van der Waals surface area contributed by atoms with Crippen LogP contribution in [0.4, 0.5) is 4.39 Å². The number of carbonyl (C=O) groups excluding carboxylic acids is 2. The topological polar surface area (TPSA) is 49.4 Å². The van der Waals surface area contributed by atoms with Crippen LogP contribution in [0.15, 0.2) is 42.5 Å². The van der Waals surface area contributed by atoms with Crippen LogP contribution in [0.5, 0.6) is 0 Å². The number of halogens is 1. The summed E-state index contributed by atoms with van der Waals surface area (Å²) in [6, 6.07) is 11.6. The number of hydrogen-bond donors (Lipinski definition) is 1. The standard InChI is InChI=1S/C25H33FN2O2/c1-6-23(25(30)27-15-17(2)3)28(16-20-7-9-22(26)10-8-20)24(29)14-21-12-18(4)11-19(5)13-21/h7-13,17,23H,6,14-16H2,1-5H3,(H,27,30)/t23-/m1/s1. The molecule has 0 aliphatic heterocycles. The lowest BCUT2D eigenvalue weighted by molar-refractivity contribution is -0.141. The molecule has 0 saturated carbocycles. The Bertz CT molecular complexity index is 842. The smallest absolute Gasteiger partial charge is 0.242 e. The lowest BCUT2D eigenvalue weighted by Gasteiger charge is -2.31. The van der Waals surface area contributed by atoms with Crippen LogP contribution in [0.3, 0.4) is 0 Å². The van der Waals surface area contributed by atoms with E-state index in [9.17, 15) is 14.0 Å². The number of rotatable bonds is 9. The largest absolute Gasteiger partial charge is 0.354 e. The molecule has 2 rings (SSSR count). The molecule has 0 aliphatic carbocycles. The molecule has 2 aromatic carbocycles. The highest BCUT2D eigenvalue weighted by atomic mass is 19.1. The Balaban J connectivity index is 2.29. The van der Waals surface area contributed by atoms with Gasteiger partial charge >= 0.3 is 0 Å². The number of hydrogen-bond acceptors (Lipinski definition) is 2. The summed E-state index contributed by atoms with van der Waals surface area (Å²) in [4.78, 5) is 27.8. The van der Waals surface area contributed by atoms with Gasteiger partial charge in [0.2, 0.25) is 11.8 Å². The molecule has 1 N–H and O–H groups in total. The fraction of sp³-hybridized carbons (Fsp3) is 0.440. The predicted octanol–water partition coefficient (Wildman–Crippen LogP) is 4.56. The maximum Gasteiger partial charge on any atom is 0.242 e. The van der Waals surface area contributed by atoms with E-state index in [4.69, 9.17) is 0 Å². The van der Waals surface area contributed by atoms with E-state index in [1.807, 2.05) is 46.8 Å². The molecule has 30 heavy (non-hydrogen) atoms. The first kappa shape index (κ1) is 23.6. The summed E-state index contributed by atoms with van der Waals surface area (Å²) in [5.41, 5.74) is 3.92. The van der Waals surface area contributed by atoms with Crippen molar-refractivity contribution in [3.05, 3.63) is 70.5 Å². The van der Waals surface area contributed by atoms with Gasteiger partial charge in [0.25, 0.3) is 0 Å².